The average Bonchev–Trinajstić information content (AvgIpc) is 2.89. The van der Waals surface area contributed by atoms with Crippen molar-refractivity contribution in [3.63, 3.8) is 0 Å². The number of nitrogens with zero attached hydrogens (tertiary/aromatic N) is 2. The molecule has 0 spiro atoms. The van der Waals surface area contributed by atoms with Crippen LogP contribution < -0.4 is 10.5 Å². The van der Waals surface area contributed by atoms with Crippen LogP contribution in [-0.2, 0) is 11.3 Å². The SMILES string of the molecule is COCc1[nH]nc2c1[C@@H](c1ccccc1C)C(C#N)=C(N)O2. The highest BCUT2D eigenvalue weighted by Gasteiger charge is 2.35. The lowest BCUT2D eigenvalue weighted by Crippen LogP contribution is -2.21. The molecule has 2 aromatic rings. The number of aromatic nitrogens is 2. The van der Waals surface area contributed by atoms with Gasteiger partial charge in [-0.1, -0.05) is 24.3 Å². The number of allylic oxidation sites excluding steroid dienone is 1. The van der Waals surface area contributed by atoms with Crippen LogP contribution in [0.3, 0.4) is 0 Å². The molecule has 22 heavy (non-hydrogen) atoms. The maximum absolute atomic E-state index is 9.54. The van der Waals surface area contributed by atoms with Gasteiger partial charge in [0.2, 0.25) is 11.8 Å². The fourth-order valence-corrected chi connectivity index (χ4v) is 2.78. The summed E-state index contributed by atoms with van der Waals surface area (Å²) in [6.45, 7) is 2.36. The van der Waals surface area contributed by atoms with Gasteiger partial charge in [0.1, 0.15) is 11.6 Å². The van der Waals surface area contributed by atoms with Crippen LogP contribution in [0.2, 0.25) is 0 Å². The molecule has 0 saturated heterocycles. The van der Waals surface area contributed by atoms with Gasteiger partial charge in [0.05, 0.1) is 23.8 Å². The minimum absolute atomic E-state index is 0.0960. The minimum Gasteiger partial charge on any atom is -0.420 e. The summed E-state index contributed by atoms with van der Waals surface area (Å²) in [6.07, 6.45) is 0. The number of aryl methyl sites for hydroxylation is 1. The number of hydrogen-bond donors (Lipinski definition) is 2. The number of aromatic amines is 1. The standard InChI is InChI=1S/C16H16N4O2/c1-9-5-3-4-6-10(9)13-11(7-17)15(18)22-16-14(13)12(8-21-2)19-20-16/h3-6,13H,8,18H2,1-2H3,(H,19,20)/t13-/m0/s1. The number of rotatable bonds is 3. The molecule has 1 aliphatic heterocycles. The highest BCUT2D eigenvalue weighted by molar-refractivity contribution is 5.56. The number of ether oxygens (including phenoxy) is 2. The van der Waals surface area contributed by atoms with Gasteiger partial charge in [-0.05, 0) is 18.1 Å². The Kier molecular flexibility index (Phi) is 3.57. The first-order valence-electron chi connectivity index (χ1n) is 6.86. The Labute approximate surface area is 128 Å². The van der Waals surface area contributed by atoms with Crippen molar-refractivity contribution in [3.05, 3.63) is 58.1 Å². The molecule has 0 fully saturated rings. The van der Waals surface area contributed by atoms with Gasteiger partial charge < -0.3 is 15.2 Å². The molecule has 1 atom stereocenters. The van der Waals surface area contributed by atoms with E-state index in [2.05, 4.69) is 16.3 Å². The Morgan fingerprint density at radius 1 is 1.45 bits per heavy atom. The molecule has 0 bridgehead atoms. The van der Waals surface area contributed by atoms with Crippen LogP contribution in [0.4, 0.5) is 0 Å². The third-order valence-electron chi connectivity index (χ3n) is 3.81. The second-order valence-corrected chi connectivity index (χ2v) is 5.14. The summed E-state index contributed by atoms with van der Waals surface area (Å²) in [5, 5.41) is 16.6. The Morgan fingerprint density at radius 3 is 2.91 bits per heavy atom. The van der Waals surface area contributed by atoms with Gasteiger partial charge in [0.25, 0.3) is 0 Å². The minimum atomic E-state index is -0.307. The first kappa shape index (κ1) is 14.2. The lowest BCUT2D eigenvalue weighted by molar-refractivity contribution is 0.180. The van der Waals surface area contributed by atoms with E-state index in [0.717, 1.165) is 22.4 Å². The van der Waals surface area contributed by atoms with Gasteiger partial charge in [-0.2, -0.15) is 5.26 Å². The van der Waals surface area contributed by atoms with Crippen molar-refractivity contribution in [3.8, 4) is 11.9 Å². The molecule has 0 saturated carbocycles. The number of methoxy groups -OCH3 is 1. The summed E-state index contributed by atoms with van der Waals surface area (Å²) in [5.41, 5.74) is 9.97. The molecule has 0 aliphatic carbocycles. The molecule has 1 aliphatic rings. The van der Waals surface area contributed by atoms with Crippen molar-refractivity contribution in [2.45, 2.75) is 19.4 Å². The number of fused-ring (bicyclic) bond motifs is 1. The van der Waals surface area contributed by atoms with E-state index in [4.69, 9.17) is 15.2 Å². The van der Waals surface area contributed by atoms with E-state index in [-0.39, 0.29) is 11.8 Å². The van der Waals surface area contributed by atoms with E-state index >= 15 is 0 Å². The van der Waals surface area contributed by atoms with Crippen LogP contribution >= 0.6 is 0 Å². The fourth-order valence-electron chi connectivity index (χ4n) is 2.78. The molecular formula is C16H16N4O2. The van der Waals surface area contributed by atoms with Crippen molar-refractivity contribution in [1.29, 1.82) is 5.26 Å². The van der Waals surface area contributed by atoms with Crippen molar-refractivity contribution >= 4 is 0 Å². The smallest absolute Gasteiger partial charge is 0.244 e. The molecule has 2 heterocycles. The Balaban J connectivity index is 2.24. The molecule has 0 radical (unpaired) electrons. The van der Waals surface area contributed by atoms with Crippen LogP contribution in [0.15, 0.2) is 35.7 Å². The number of nitriles is 1. The first-order chi connectivity index (χ1) is 10.7. The van der Waals surface area contributed by atoms with E-state index < -0.39 is 0 Å². The monoisotopic (exact) mass is 296 g/mol. The fraction of sp³-hybridized carbons (Fsp3) is 0.250. The summed E-state index contributed by atoms with van der Waals surface area (Å²) < 4.78 is 10.7. The zero-order chi connectivity index (χ0) is 15.7. The van der Waals surface area contributed by atoms with E-state index in [1.54, 1.807) is 7.11 Å². The highest BCUT2D eigenvalue weighted by Crippen LogP contribution is 2.43. The van der Waals surface area contributed by atoms with Gasteiger partial charge in [-0.25, -0.2) is 0 Å². The topological polar surface area (TPSA) is 97.0 Å². The molecule has 112 valence electrons. The number of nitrogens with one attached hydrogen (secondary N) is 1. The molecular weight excluding hydrogens is 280 g/mol. The van der Waals surface area contributed by atoms with Crippen molar-refractivity contribution in [2.75, 3.05) is 7.11 Å². The number of benzene rings is 1. The van der Waals surface area contributed by atoms with E-state index in [9.17, 15) is 5.26 Å². The Bertz CT molecular complexity index is 786. The predicted octanol–water partition coefficient (Wildman–Crippen LogP) is 2.08. The van der Waals surface area contributed by atoms with Crippen LogP contribution in [0, 0.1) is 18.3 Å². The number of H-pyrrole nitrogens is 1. The Morgan fingerprint density at radius 2 is 2.23 bits per heavy atom. The molecule has 0 amide bonds. The summed E-state index contributed by atoms with van der Waals surface area (Å²) in [5.74, 6) is 0.189. The summed E-state index contributed by atoms with van der Waals surface area (Å²) >= 11 is 0. The molecule has 3 N–H and O–H groups in total. The van der Waals surface area contributed by atoms with Crippen molar-refractivity contribution in [1.82, 2.24) is 10.2 Å². The van der Waals surface area contributed by atoms with Gasteiger partial charge in [0.15, 0.2) is 0 Å². The summed E-state index contributed by atoms with van der Waals surface area (Å²) in [6, 6.07) is 10.1. The van der Waals surface area contributed by atoms with E-state index in [1.165, 1.54) is 0 Å². The first-order valence-corrected chi connectivity index (χ1v) is 6.86. The van der Waals surface area contributed by atoms with Crippen LogP contribution in [0.1, 0.15) is 28.3 Å². The Hall–Kier alpha value is -2.78. The second-order valence-electron chi connectivity index (χ2n) is 5.14. The average molecular weight is 296 g/mol. The molecule has 0 unspecified atom stereocenters. The maximum atomic E-state index is 9.54. The van der Waals surface area contributed by atoms with Gasteiger partial charge in [-0.3, -0.25) is 5.10 Å². The second kappa shape index (κ2) is 5.54. The molecule has 6 nitrogen and oxygen atoms in total. The van der Waals surface area contributed by atoms with Gasteiger partial charge >= 0.3 is 0 Å². The summed E-state index contributed by atoms with van der Waals surface area (Å²) in [7, 11) is 1.61. The number of hydrogen-bond acceptors (Lipinski definition) is 5. The van der Waals surface area contributed by atoms with E-state index in [0.29, 0.717) is 18.1 Å². The van der Waals surface area contributed by atoms with Crippen molar-refractivity contribution < 1.29 is 9.47 Å². The van der Waals surface area contributed by atoms with Gasteiger partial charge in [0, 0.05) is 7.11 Å². The lowest BCUT2D eigenvalue weighted by Gasteiger charge is -2.25. The predicted molar refractivity (Wildman–Crippen MR) is 79.8 cm³/mol. The normalized spacial score (nSPS) is 16.9. The van der Waals surface area contributed by atoms with Crippen LogP contribution in [0.5, 0.6) is 5.88 Å². The zero-order valence-electron chi connectivity index (χ0n) is 12.4. The number of nitrogens with two attached hydrogens (primary N) is 1. The van der Waals surface area contributed by atoms with E-state index in [1.807, 2.05) is 31.2 Å². The van der Waals surface area contributed by atoms with Gasteiger partial charge in [-0.15, -0.1) is 5.10 Å². The highest BCUT2D eigenvalue weighted by atomic mass is 16.5. The lowest BCUT2D eigenvalue weighted by atomic mass is 9.82. The van der Waals surface area contributed by atoms with Crippen LogP contribution in [-0.4, -0.2) is 17.3 Å². The maximum Gasteiger partial charge on any atom is 0.244 e. The zero-order valence-corrected chi connectivity index (χ0v) is 12.4. The largest absolute Gasteiger partial charge is 0.420 e. The quantitative estimate of drug-likeness (QED) is 0.903. The van der Waals surface area contributed by atoms with Crippen LogP contribution in [0.25, 0.3) is 0 Å². The molecule has 1 aromatic heterocycles. The molecule has 1 aromatic carbocycles. The summed E-state index contributed by atoms with van der Waals surface area (Å²) in [4.78, 5) is 0. The third kappa shape index (κ3) is 2.12. The van der Waals surface area contributed by atoms with Crippen molar-refractivity contribution in [2.24, 2.45) is 5.73 Å². The molecule has 6 heteroatoms. The molecule has 3 rings (SSSR count). The third-order valence-corrected chi connectivity index (χ3v) is 3.81.